The van der Waals surface area contributed by atoms with Gasteiger partial charge < -0.3 is 15.4 Å². The van der Waals surface area contributed by atoms with E-state index in [0.29, 0.717) is 18.3 Å². The van der Waals surface area contributed by atoms with Gasteiger partial charge in [0.1, 0.15) is 11.4 Å². The molecular weight excluding hydrogens is 408 g/mol. The minimum absolute atomic E-state index is 0.554. The van der Waals surface area contributed by atoms with Crippen LogP contribution in [-0.4, -0.2) is 35.3 Å². The van der Waals surface area contributed by atoms with Crippen molar-refractivity contribution in [2.24, 2.45) is 0 Å². The van der Waals surface area contributed by atoms with Crippen molar-refractivity contribution in [3.8, 4) is 21.1 Å². The number of benzene rings is 1. The van der Waals surface area contributed by atoms with Crippen molar-refractivity contribution in [3.05, 3.63) is 53.2 Å². The Morgan fingerprint density at radius 1 is 1.00 bits per heavy atom. The number of hydrogen-bond donors (Lipinski definition) is 2. The number of methoxy groups -OCH3 is 1. The molecule has 3 heterocycles. The maximum Gasteiger partial charge on any atom is 0.170 e. The Morgan fingerprint density at radius 3 is 2.29 bits per heavy atom. The first-order chi connectivity index (χ1) is 13.7. The van der Waals surface area contributed by atoms with Crippen molar-refractivity contribution < 1.29 is 4.74 Å². The molecule has 2 N–H and O–H groups in total. The molecule has 0 aliphatic carbocycles. The van der Waals surface area contributed by atoms with Crippen LogP contribution in [0, 0.1) is 0 Å². The van der Waals surface area contributed by atoms with E-state index in [2.05, 4.69) is 33.5 Å². The minimum Gasteiger partial charge on any atom is -0.383 e. The summed E-state index contributed by atoms with van der Waals surface area (Å²) in [5.74, 6) is 0. The fourth-order valence-corrected chi connectivity index (χ4v) is 4.39. The van der Waals surface area contributed by atoms with Crippen LogP contribution < -0.4 is 10.6 Å². The van der Waals surface area contributed by atoms with E-state index in [0.717, 1.165) is 37.9 Å². The maximum absolute atomic E-state index is 5.33. The fraction of sp³-hybridized carbons (Fsp3) is 0.150. The zero-order valence-electron chi connectivity index (χ0n) is 15.1. The first-order valence-corrected chi connectivity index (χ1v) is 10.8. The van der Waals surface area contributed by atoms with Crippen molar-refractivity contribution in [3.63, 3.8) is 0 Å². The molecule has 5 nitrogen and oxygen atoms in total. The summed E-state index contributed by atoms with van der Waals surface area (Å²) in [6.07, 6.45) is 0. The predicted molar refractivity (Wildman–Crippen MR) is 122 cm³/mol. The third-order valence-corrected chi connectivity index (χ3v) is 6.02. The average Bonchev–Trinajstić information content (AvgIpc) is 3.41. The second kappa shape index (κ2) is 8.74. The molecule has 0 atom stereocenters. The quantitative estimate of drug-likeness (QED) is 0.333. The lowest BCUT2D eigenvalue weighted by Crippen LogP contribution is -2.31. The van der Waals surface area contributed by atoms with E-state index in [-0.39, 0.29) is 0 Å². The van der Waals surface area contributed by atoms with Crippen LogP contribution in [0.4, 0.5) is 5.69 Å². The normalized spacial score (nSPS) is 10.9. The second-order valence-corrected chi connectivity index (χ2v) is 8.26. The van der Waals surface area contributed by atoms with E-state index in [1.54, 1.807) is 29.8 Å². The van der Waals surface area contributed by atoms with Crippen LogP contribution >= 0.6 is 34.9 Å². The van der Waals surface area contributed by atoms with Gasteiger partial charge in [0.25, 0.3) is 0 Å². The Bertz CT molecular complexity index is 1080. The maximum atomic E-state index is 5.33. The highest BCUT2D eigenvalue weighted by Gasteiger charge is 2.15. The van der Waals surface area contributed by atoms with Crippen molar-refractivity contribution in [1.29, 1.82) is 0 Å². The number of aromatic nitrogens is 2. The highest BCUT2D eigenvalue weighted by atomic mass is 32.1. The van der Waals surface area contributed by atoms with Gasteiger partial charge in [0.15, 0.2) is 5.11 Å². The molecule has 4 aromatic rings. The van der Waals surface area contributed by atoms with Crippen LogP contribution in [0.15, 0.2) is 53.2 Å². The van der Waals surface area contributed by atoms with E-state index in [9.17, 15) is 0 Å². The summed E-state index contributed by atoms with van der Waals surface area (Å²) >= 11 is 8.66. The Balaban J connectivity index is 1.69. The first kappa shape index (κ1) is 18.9. The zero-order chi connectivity index (χ0) is 19.3. The molecule has 0 aliphatic heterocycles. The Hall–Kier alpha value is -2.39. The Labute approximate surface area is 176 Å². The van der Waals surface area contributed by atoms with Gasteiger partial charge in [-0.25, -0.2) is 9.97 Å². The van der Waals surface area contributed by atoms with Gasteiger partial charge >= 0.3 is 0 Å². The number of hydrogen-bond acceptors (Lipinski definition) is 6. The number of rotatable bonds is 6. The van der Waals surface area contributed by atoms with Crippen LogP contribution in [0.1, 0.15) is 0 Å². The fourth-order valence-electron chi connectivity index (χ4n) is 2.74. The third-order valence-electron chi connectivity index (χ3n) is 4.02. The molecule has 4 rings (SSSR count). The number of thiophene rings is 2. The van der Waals surface area contributed by atoms with Gasteiger partial charge in [-0.2, -0.15) is 0 Å². The molecule has 0 saturated heterocycles. The summed E-state index contributed by atoms with van der Waals surface area (Å²) in [4.78, 5) is 12.1. The van der Waals surface area contributed by atoms with Gasteiger partial charge in [-0.15, -0.1) is 22.7 Å². The summed E-state index contributed by atoms with van der Waals surface area (Å²) in [5, 5.41) is 11.0. The molecule has 0 radical (unpaired) electrons. The smallest absolute Gasteiger partial charge is 0.170 e. The van der Waals surface area contributed by atoms with E-state index >= 15 is 0 Å². The first-order valence-electron chi connectivity index (χ1n) is 8.68. The monoisotopic (exact) mass is 426 g/mol. The predicted octanol–water partition coefficient (Wildman–Crippen LogP) is 5.02. The number of ether oxygens (including phenoxy) is 1. The van der Waals surface area contributed by atoms with Crippen molar-refractivity contribution in [1.82, 2.24) is 15.3 Å². The van der Waals surface area contributed by atoms with Gasteiger partial charge in [0.2, 0.25) is 0 Å². The summed E-state index contributed by atoms with van der Waals surface area (Å²) in [6, 6.07) is 14.1. The molecule has 3 aromatic heterocycles. The molecule has 8 heteroatoms. The molecule has 0 bridgehead atoms. The Kier molecular flexibility index (Phi) is 5.92. The van der Waals surface area contributed by atoms with E-state index < -0.39 is 0 Å². The van der Waals surface area contributed by atoms with Gasteiger partial charge in [0, 0.05) is 19.3 Å². The molecule has 0 spiro atoms. The van der Waals surface area contributed by atoms with E-state index in [1.807, 2.05) is 30.3 Å². The molecular formula is C20H18N4OS3. The molecule has 0 unspecified atom stereocenters. The van der Waals surface area contributed by atoms with Gasteiger partial charge in [-0.3, -0.25) is 0 Å². The largest absolute Gasteiger partial charge is 0.383 e. The SMILES string of the molecule is COCCNC(=S)Nc1ccc2nc(-c3cccs3)c(-c3cccs3)nc2c1. The standard InChI is InChI=1S/C20H18N4OS3/c1-25-9-8-21-20(26)22-13-6-7-14-15(12-13)24-19(17-5-3-11-28-17)18(23-14)16-4-2-10-27-16/h2-7,10-12H,8-9H2,1H3,(H2,21,22,26). The molecule has 142 valence electrons. The highest BCUT2D eigenvalue weighted by molar-refractivity contribution is 7.80. The Morgan fingerprint density at radius 2 is 1.68 bits per heavy atom. The topological polar surface area (TPSA) is 59.1 Å². The molecule has 28 heavy (non-hydrogen) atoms. The number of thiocarbonyl (C=S) groups is 1. The van der Waals surface area contributed by atoms with Gasteiger partial charge in [-0.05, 0) is 53.3 Å². The lowest BCUT2D eigenvalue weighted by molar-refractivity contribution is 0.204. The second-order valence-electron chi connectivity index (χ2n) is 5.95. The lowest BCUT2D eigenvalue weighted by Gasteiger charge is -2.12. The number of fused-ring (bicyclic) bond motifs is 1. The number of anilines is 1. The lowest BCUT2D eigenvalue weighted by atomic mass is 10.2. The summed E-state index contributed by atoms with van der Waals surface area (Å²) in [5.41, 5.74) is 4.38. The van der Waals surface area contributed by atoms with Crippen LogP contribution in [0.3, 0.4) is 0 Å². The van der Waals surface area contributed by atoms with Crippen molar-refractivity contribution in [2.75, 3.05) is 25.6 Å². The zero-order valence-corrected chi connectivity index (χ0v) is 17.6. The van der Waals surface area contributed by atoms with Crippen LogP contribution in [0.5, 0.6) is 0 Å². The van der Waals surface area contributed by atoms with Crippen LogP contribution in [0.2, 0.25) is 0 Å². The molecule has 0 fully saturated rings. The average molecular weight is 427 g/mol. The molecule has 1 aromatic carbocycles. The minimum atomic E-state index is 0.554. The van der Waals surface area contributed by atoms with Gasteiger partial charge in [-0.1, -0.05) is 12.1 Å². The van der Waals surface area contributed by atoms with E-state index in [4.69, 9.17) is 26.9 Å². The van der Waals surface area contributed by atoms with Crippen molar-refractivity contribution >= 4 is 56.7 Å². The summed E-state index contributed by atoms with van der Waals surface area (Å²) in [7, 11) is 1.66. The van der Waals surface area contributed by atoms with Crippen LogP contribution in [-0.2, 0) is 4.74 Å². The van der Waals surface area contributed by atoms with Gasteiger partial charge in [0.05, 0.1) is 27.4 Å². The third kappa shape index (κ3) is 4.20. The summed E-state index contributed by atoms with van der Waals surface area (Å²) in [6.45, 7) is 1.25. The van der Waals surface area contributed by atoms with E-state index in [1.165, 1.54) is 0 Å². The molecule has 0 amide bonds. The van der Waals surface area contributed by atoms with Crippen LogP contribution in [0.25, 0.3) is 32.2 Å². The van der Waals surface area contributed by atoms with Crippen molar-refractivity contribution in [2.45, 2.75) is 0 Å². The number of nitrogens with zero attached hydrogens (tertiary/aromatic N) is 2. The summed E-state index contributed by atoms with van der Waals surface area (Å²) < 4.78 is 5.02. The molecule has 0 saturated carbocycles. The molecule has 0 aliphatic rings. The highest BCUT2D eigenvalue weighted by Crippen LogP contribution is 2.35. The number of nitrogens with one attached hydrogen (secondary N) is 2.